The molecule has 0 fully saturated rings. The van der Waals surface area contributed by atoms with Gasteiger partial charge in [-0.05, 0) is 30.3 Å². The van der Waals surface area contributed by atoms with Crippen molar-refractivity contribution in [3.63, 3.8) is 0 Å². The van der Waals surface area contributed by atoms with E-state index in [1.165, 1.54) is 0 Å². The summed E-state index contributed by atoms with van der Waals surface area (Å²) in [7, 11) is 0. The monoisotopic (exact) mass is 212 g/mol. The van der Waals surface area contributed by atoms with Crippen LogP contribution in [0.1, 0.15) is 19.8 Å². The first-order valence-electron chi connectivity index (χ1n) is 4.65. The van der Waals surface area contributed by atoms with Crippen molar-refractivity contribution in [1.82, 2.24) is 0 Å². The van der Waals surface area contributed by atoms with Gasteiger partial charge in [0.25, 0.3) is 0 Å². The molecule has 1 aromatic carbocycles. The van der Waals surface area contributed by atoms with Gasteiger partial charge in [0.1, 0.15) is 0 Å². The van der Waals surface area contributed by atoms with Crippen LogP contribution in [0.4, 0.5) is 4.39 Å². The SMILES string of the molecule is CCCC(F)C(=O)Sc1ccccc1. The standard InChI is InChI=1S/C11H13FOS/c1-2-6-10(12)11(13)14-9-7-4-3-5-8-9/h3-5,7-8,10H,2,6H2,1H3. The Bertz CT molecular complexity index is 287. The lowest BCUT2D eigenvalue weighted by Gasteiger charge is -2.04. The Balaban J connectivity index is 2.49. The molecule has 14 heavy (non-hydrogen) atoms. The number of carbonyl (C=O) groups is 1. The van der Waals surface area contributed by atoms with E-state index >= 15 is 0 Å². The van der Waals surface area contributed by atoms with Crippen LogP contribution in [0.25, 0.3) is 0 Å². The molecule has 0 aliphatic heterocycles. The van der Waals surface area contributed by atoms with E-state index in [4.69, 9.17) is 0 Å². The van der Waals surface area contributed by atoms with Gasteiger partial charge >= 0.3 is 0 Å². The van der Waals surface area contributed by atoms with Gasteiger partial charge in [0.15, 0.2) is 6.17 Å². The summed E-state index contributed by atoms with van der Waals surface area (Å²) in [5, 5.41) is -0.391. The quantitative estimate of drug-likeness (QED) is 0.711. The molecule has 3 heteroatoms. The molecular formula is C11H13FOS. The minimum absolute atomic E-state index is 0.318. The molecule has 0 bridgehead atoms. The Labute approximate surface area is 87.7 Å². The number of thioether (sulfide) groups is 1. The summed E-state index contributed by atoms with van der Waals surface area (Å²) in [6, 6.07) is 9.15. The number of benzene rings is 1. The zero-order chi connectivity index (χ0) is 10.4. The fraction of sp³-hybridized carbons (Fsp3) is 0.364. The van der Waals surface area contributed by atoms with Gasteiger partial charge in [0.2, 0.25) is 5.12 Å². The second-order valence-electron chi connectivity index (χ2n) is 2.99. The van der Waals surface area contributed by atoms with Crippen LogP contribution < -0.4 is 0 Å². The second kappa shape index (κ2) is 5.81. The van der Waals surface area contributed by atoms with E-state index < -0.39 is 11.3 Å². The Kier molecular flexibility index (Phi) is 4.66. The van der Waals surface area contributed by atoms with Crippen molar-refractivity contribution in [1.29, 1.82) is 0 Å². The maximum absolute atomic E-state index is 13.1. The van der Waals surface area contributed by atoms with E-state index in [9.17, 15) is 9.18 Å². The third kappa shape index (κ3) is 3.50. The Morgan fingerprint density at radius 3 is 2.64 bits per heavy atom. The summed E-state index contributed by atoms with van der Waals surface area (Å²) in [5.74, 6) is 0. The summed E-state index contributed by atoms with van der Waals surface area (Å²) in [6.07, 6.45) is -0.314. The van der Waals surface area contributed by atoms with E-state index in [0.717, 1.165) is 16.7 Å². The van der Waals surface area contributed by atoms with Crippen molar-refractivity contribution in [2.45, 2.75) is 30.8 Å². The lowest BCUT2D eigenvalue weighted by Crippen LogP contribution is -2.10. The third-order valence-electron chi connectivity index (χ3n) is 1.76. The van der Waals surface area contributed by atoms with Crippen molar-refractivity contribution < 1.29 is 9.18 Å². The molecule has 0 aliphatic rings. The summed E-state index contributed by atoms with van der Waals surface area (Å²) in [4.78, 5) is 12.1. The molecule has 0 radical (unpaired) electrons. The van der Waals surface area contributed by atoms with E-state index in [1.807, 2.05) is 25.1 Å². The van der Waals surface area contributed by atoms with Gasteiger partial charge in [-0.3, -0.25) is 4.79 Å². The van der Waals surface area contributed by atoms with Crippen LogP contribution in [0.15, 0.2) is 35.2 Å². The molecule has 0 saturated carbocycles. The van der Waals surface area contributed by atoms with Gasteiger partial charge < -0.3 is 0 Å². The minimum atomic E-state index is -1.33. The molecule has 76 valence electrons. The number of hydrogen-bond donors (Lipinski definition) is 0. The molecule has 0 saturated heterocycles. The maximum atomic E-state index is 13.1. The van der Waals surface area contributed by atoms with Gasteiger partial charge in [-0.15, -0.1) is 0 Å². The maximum Gasteiger partial charge on any atom is 0.227 e. The lowest BCUT2D eigenvalue weighted by atomic mass is 10.2. The first-order chi connectivity index (χ1) is 6.74. The van der Waals surface area contributed by atoms with Crippen LogP contribution in [0.3, 0.4) is 0 Å². The average molecular weight is 212 g/mol. The van der Waals surface area contributed by atoms with Crippen LogP contribution in [0.5, 0.6) is 0 Å². The average Bonchev–Trinajstić information content (AvgIpc) is 2.19. The molecule has 0 aromatic heterocycles. The van der Waals surface area contributed by atoms with Crippen LogP contribution in [-0.4, -0.2) is 11.3 Å². The zero-order valence-corrected chi connectivity index (χ0v) is 8.89. The highest BCUT2D eigenvalue weighted by atomic mass is 32.2. The Morgan fingerprint density at radius 1 is 1.43 bits per heavy atom. The molecule has 1 aromatic rings. The molecule has 1 rings (SSSR count). The molecule has 0 aliphatic carbocycles. The van der Waals surface area contributed by atoms with Gasteiger partial charge in [0, 0.05) is 4.90 Å². The molecule has 0 amide bonds. The fourth-order valence-electron chi connectivity index (χ4n) is 1.04. The van der Waals surface area contributed by atoms with Gasteiger partial charge in [0.05, 0.1) is 0 Å². The van der Waals surface area contributed by atoms with E-state index in [2.05, 4.69) is 0 Å². The predicted molar refractivity (Wildman–Crippen MR) is 57.1 cm³/mol. The smallest absolute Gasteiger partial charge is 0.227 e. The highest BCUT2D eigenvalue weighted by Gasteiger charge is 2.16. The molecule has 0 N–H and O–H groups in total. The van der Waals surface area contributed by atoms with Crippen LogP contribution in [0, 0.1) is 0 Å². The topological polar surface area (TPSA) is 17.1 Å². The number of halogens is 1. The number of alkyl halides is 1. The summed E-state index contributed by atoms with van der Waals surface area (Å²) < 4.78 is 13.1. The van der Waals surface area contributed by atoms with Crippen molar-refractivity contribution in [3.8, 4) is 0 Å². The second-order valence-corrected chi connectivity index (χ2v) is 4.07. The van der Waals surface area contributed by atoms with Crippen LogP contribution in [-0.2, 0) is 4.79 Å². The van der Waals surface area contributed by atoms with Crippen molar-refractivity contribution in [2.24, 2.45) is 0 Å². The largest absolute Gasteiger partial charge is 0.283 e. The lowest BCUT2D eigenvalue weighted by molar-refractivity contribution is -0.115. The van der Waals surface area contributed by atoms with Crippen molar-refractivity contribution >= 4 is 16.9 Å². The molecule has 1 nitrogen and oxygen atoms in total. The summed E-state index contributed by atoms with van der Waals surface area (Å²) in [6.45, 7) is 1.87. The Hall–Kier alpha value is -0.830. The van der Waals surface area contributed by atoms with Gasteiger partial charge in [-0.1, -0.05) is 31.5 Å². The van der Waals surface area contributed by atoms with Gasteiger partial charge in [-0.25, -0.2) is 4.39 Å². The number of carbonyl (C=O) groups excluding carboxylic acids is 1. The molecular weight excluding hydrogens is 199 g/mol. The van der Waals surface area contributed by atoms with Crippen molar-refractivity contribution in [2.75, 3.05) is 0 Å². The number of rotatable bonds is 4. The Morgan fingerprint density at radius 2 is 2.07 bits per heavy atom. The van der Waals surface area contributed by atoms with Crippen LogP contribution in [0.2, 0.25) is 0 Å². The predicted octanol–water partition coefficient (Wildman–Crippen LogP) is 3.44. The first kappa shape index (κ1) is 11.2. The molecule has 0 spiro atoms. The fourth-order valence-corrected chi connectivity index (χ4v) is 1.81. The zero-order valence-electron chi connectivity index (χ0n) is 8.07. The molecule has 0 heterocycles. The van der Waals surface area contributed by atoms with E-state index in [0.29, 0.717) is 12.8 Å². The van der Waals surface area contributed by atoms with Crippen LogP contribution >= 0.6 is 11.8 Å². The number of hydrogen-bond acceptors (Lipinski definition) is 2. The highest BCUT2D eigenvalue weighted by Crippen LogP contribution is 2.22. The third-order valence-corrected chi connectivity index (χ3v) is 2.72. The van der Waals surface area contributed by atoms with Gasteiger partial charge in [-0.2, -0.15) is 0 Å². The summed E-state index contributed by atoms with van der Waals surface area (Å²) in [5.41, 5.74) is 0. The van der Waals surface area contributed by atoms with E-state index in [1.54, 1.807) is 12.1 Å². The first-order valence-corrected chi connectivity index (χ1v) is 5.46. The normalized spacial score (nSPS) is 12.4. The molecule has 1 unspecified atom stereocenters. The van der Waals surface area contributed by atoms with Crippen molar-refractivity contribution in [3.05, 3.63) is 30.3 Å². The molecule has 1 atom stereocenters. The minimum Gasteiger partial charge on any atom is -0.283 e. The van der Waals surface area contributed by atoms with E-state index in [-0.39, 0.29) is 0 Å². The summed E-state index contributed by atoms with van der Waals surface area (Å²) >= 11 is 0.978. The highest BCUT2D eigenvalue weighted by molar-refractivity contribution is 8.13.